The van der Waals surface area contributed by atoms with Gasteiger partial charge in [0.25, 0.3) is 5.91 Å². The number of amides is 2. The van der Waals surface area contributed by atoms with E-state index in [9.17, 15) is 9.59 Å². The van der Waals surface area contributed by atoms with Gasteiger partial charge in [0.15, 0.2) is 0 Å². The molecule has 2 amide bonds. The summed E-state index contributed by atoms with van der Waals surface area (Å²) in [6.07, 6.45) is 3.29. The molecule has 2 heterocycles. The number of nitrogens with zero attached hydrogens (tertiary/aromatic N) is 2. The van der Waals surface area contributed by atoms with Crippen LogP contribution in [0.4, 0.5) is 11.5 Å². The molecule has 9 heteroatoms. The Kier molecular flexibility index (Phi) is 9.57. The fourth-order valence-electron chi connectivity index (χ4n) is 3.10. The molecule has 34 heavy (non-hydrogen) atoms. The second-order valence-electron chi connectivity index (χ2n) is 7.88. The van der Waals surface area contributed by atoms with E-state index in [2.05, 4.69) is 39.8 Å². The average Bonchev–Trinajstić information content (AvgIpc) is 2.83. The van der Waals surface area contributed by atoms with Crippen LogP contribution in [0.1, 0.15) is 41.3 Å². The van der Waals surface area contributed by atoms with Gasteiger partial charge in [-0.15, -0.1) is 11.8 Å². The van der Waals surface area contributed by atoms with Gasteiger partial charge in [-0.25, -0.2) is 9.97 Å². The first-order chi connectivity index (χ1) is 16.5. The minimum absolute atomic E-state index is 0.0316. The number of hydrogen-bond donors (Lipinski definition) is 4. The molecular formula is C25H29N5O3S. The molecule has 0 aliphatic heterocycles. The number of benzene rings is 1. The number of thioether (sulfide) groups is 1. The fraction of sp³-hybridized carbons (Fsp3) is 0.280. The summed E-state index contributed by atoms with van der Waals surface area (Å²) >= 11 is 1.44. The van der Waals surface area contributed by atoms with Crippen molar-refractivity contribution in [2.24, 2.45) is 0 Å². The molecule has 0 fully saturated rings. The van der Waals surface area contributed by atoms with Crippen molar-refractivity contribution in [3.8, 4) is 0 Å². The Bertz CT molecular complexity index is 1120. The van der Waals surface area contributed by atoms with Crippen LogP contribution in [0.25, 0.3) is 0 Å². The summed E-state index contributed by atoms with van der Waals surface area (Å²) in [7, 11) is 0. The zero-order valence-electron chi connectivity index (χ0n) is 19.2. The minimum Gasteiger partial charge on any atom is -0.395 e. The van der Waals surface area contributed by atoms with Crippen molar-refractivity contribution >= 4 is 35.1 Å². The van der Waals surface area contributed by atoms with E-state index in [1.165, 1.54) is 11.8 Å². The zero-order valence-corrected chi connectivity index (χ0v) is 20.1. The summed E-state index contributed by atoms with van der Waals surface area (Å²) in [5.41, 5.74) is 3.34. The molecule has 0 bridgehead atoms. The van der Waals surface area contributed by atoms with Crippen LogP contribution < -0.4 is 16.0 Å². The van der Waals surface area contributed by atoms with Crippen molar-refractivity contribution in [1.82, 2.24) is 15.3 Å². The lowest BCUT2D eigenvalue weighted by Crippen LogP contribution is -2.30. The highest BCUT2D eigenvalue weighted by atomic mass is 32.2. The highest BCUT2D eigenvalue weighted by Crippen LogP contribution is 2.26. The molecule has 0 saturated carbocycles. The summed E-state index contributed by atoms with van der Waals surface area (Å²) in [4.78, 5) is 33.5. The monoisotopic (exact) mass is 479 g/mol. The largest absolute Gasteiger partial charge is 0.395 e. The number of rotatable bonds is 11. The van der Waals surface area contributed by atoms with Crippen molar-refractivity contribution in [3.63, 3.8) is 0 Å². The van der Waals surface area contributed by atoms with Gasteiger partial charge in [0, 0.05) is 30.4 Å². The molecule has 0 radical (unpaired) electrons. The van der Waals surface area contributed by atoms with E-state index in [4.69, 9.17) is 5.11 Å². The van der Waals surface area contributed by atoms with E-state index < -0.39 is 0 Å². The normalized spacial score (nSPS) is 10.8. The number of nitrogens with one attached hydrogen (secondary N) is 3. The predicted octanol–water partition coefficient (Wildman–Crippen LogP) is 3.67. The predicted molar refractivity (Wildman–Crippen MR) is 135 cm³/mol. The zero-order chi connectivity index (χ0) is 24.3. The molecule has 0 unspecified atom stereocenters. The smallest absolute Gasteiger partial charge is 0.258 e. The van der Waals surface area contributed by atoms with Crippen LogP contribution in [0.5, 0.6) is 0 Å². The molecular weight excluding hydrogens is 450 g/mol. The Balaban J connectivity index is 1.64. The van der Waals surface area contributed by atoms with Gasteiger partial charge in [-0.1, -0.05) is 26.0 Å². The minimum atomic E-state index is -0.240. The molecule has 0 atom stereocenters. The third-order valence-electron chi connectivity index (χ3n) is 4.87. The highest BCUT2D eigenvalue weighted by Gasteiger charge is 2.14. The first kappa shape index (κ1) is 25.4. The first-order valence-electron chi connectivity index (χ1n) is 11.0. The summed E-state index contributed by atoms with van der Waals surface area (Å²) < 4.78 is 0. The first-order valence-corrected chi connectivity index (χ1v) is 12.0. The maximum atomic E-state index is 13.0. The van der Waals surface area contributed by atoms with Gasteiger partial charge in [0.1, 0.15) is 10.8 Å². The molecule has 0 saturated heterocycles. The number of aliphatic hydroxyl groups is 1. The quantitative estimate of drug-likeness (QED) is 0.245. The Labute approximate surface area is 203 Å². The maximum Gasteiger partial charge on any atom is 0.258 e. The van der Waals surface area contributed by atoms with Gasteiger partial charge >= 0.3 is 0 Å². The molecule has 0 aliphatic carbocycles. The summed E-state index contributed by atoms with van der Waals surface area (Å²) in [6.45, 7) is 4.63. The van der Waals surface area contributed by atoms with Crippen LogP contribution in [0.3, 0.4) is 0 Å². The number of hydrogen-bond acceptors (Lipinski definition) is 7. The highest BCUT2D eigenvalue weighted by molar-refractivity contribution is 7.98. The van der Waals surface area contributed by atoms with Crippen LogP contribution >= 0.6 is 11.8 Å². The molecule has 1 aromatic carbocycles. The maximum absolute atomic E-state index is 13.0. The standard InChI is InChI=1S/C25H29N5O3S/c1-17(2)19-5-3-6-20(14-19)29-24(33)21-7-4-9-28-25(21)34-16-18-8-10-27-22(13-18)30-23(32)15-26-11-12-31/h3-10,13-14,17,26,31H,11-12,15-16H2,1-2H3,(H,29,33)(H,27,30,32). The van der Waals surface area contributed by atoms with E-state index >= 15 is 0 Å². The van der Waals surface area contributed by atoms with Gasteiger partial charge in [-0.2, -0.15) is 0 Å². The average molecular weight is 480 g/mol. The fourth-order valence-corrected chi connectivity index (χ4v) is 4.04. The molecule has 3 aromatic rings. The Hall–Kier alpha value is -3.27. The molecule has 2 aromatic heterocycles. The molecule has 8 nitrogen and oxygen atoms in total. The van der Waals surface area contributed by atoms with Crippen LogP contribution in [0.2, 0.25) is 0 Å². The number of carbonyl (C=O) groups is 2. The number of anilines is 2. The molecule has 178 valence electrons. The molecule has 4 N–H and O–H groups in total. The molecule has 3 rings (SSSR count). The second-order valence-corrected chi connectivity index (χ2v) is 8.84. The Morgan fingerprint density at radius 3 is 2.68 bits per heavy atom. The van der Waals surface area contributed by atoms with E-state index in [-0.39, 0.29) is 25.0 Å². The Morgan fingerprint density at radius 2 is 1.88 bits per heavy atom. The summed E-state index contributed by atoms with van der Waals surface area (Å²) in [5, 5.41) is 17.9. The van der Waals surface area contributed by atoms with Crippen molar-refractivity contribution < 1.29 is 14.7 Å². The van der Waals surface area contributed by atoms with Gasteiger partial charge < -0.3 is 21.1 Å². The third-order valence-corrected chi connectivity index (χ3v) is 5.94. The van der Waals surface area contributed by atoms with Crippen molar-refractivity contribution in [2.75, 3.05) is 30.3 Å². The van der Waals surface area contributed by atoms with E-state index in [1.54, 1.807) is 30.6 Å². The van der Waals surface area contributed by atoms with Gasteiger partial charge in [0.05, 0.1) is 18.7 Å². The van der Waals surface area contributed by atoms with Gasteiger partial charge in [-0.05, 0) is 53.4 Å². The van der Waals surface area contributed by atoms with Gasteiger partial charge in [-0.3, -0.25) is 9.59 Å². The van der Waals surface area contributed by atoms with Crippen LogP contribution in [0, 0.1) is 0 Å². The topological polar surface area (TPSA) is 116 Å². The lowest BCUT2D eigenvalue weighted by molar-refractivity contribution is -0.115. The third kappa shape index (κ3) is 7.65. The Morgan fingerprint density at radius 1 is 1.03 bits per heavy atom. The molecule has 0 spiro atoms. The van der Waals surface area contributed by atoms with E-state index in [0.29, 0.717) is 34.6 Å². The van der Waals surface area contributed by atoms with Crippen LogP contribution in [-0.2, 0) is 10.5 Å². The second kappa shape index (κ2) is 12.8. The number of carbonyl (C=O) groups excluding carboxylic acids is 2. The number of pyridine rings is 2. The van der Waals surface area contributed by atoms with E-state index in [0.717, 1.165) is 16.8 Å². The SMILES string of the molecule is CC(C)c1cccc(NC(=O)c2cccnc2SCc2ccnc(NC(=O)CNCCO)c2)c1. The number of aromatic nitrogens is 2. The lowest BCUT2D eigenvalue weighted by Gasteiger charge is -2.12. The van der Waals surface area contributed by atoms with Crippen LogP contribution in [-0.4, -0.2) is 46.6 Å². The summed E-state index contributed by atoms with van der Waals surface area (Å²) in [5.74, 6) is 0.908. The number of aliphatic hydroxyl groups excluding tert-OH is 1. The van der Waals surface area contributed by atoms with Crippen molar-refractivity contribution in [3.05, 3.63) is 77.6 Å². The van der Waals surface area contributed by atoms with Gasteiger partial charge in [0.2, 0.25) is 5.91 Å². The van der Waals surface area contributed by atoms with Crippen LogP contribution in [0.15, 0.2) is 66.0 Å². The van der Waals surface area contributed by atoms with E-state index in [1.807, 2.05) is 30.3 Å². The lowest BCUT2D eigenvalue weighted by atomic mass is 10.0. The molecule has 0 aliphatic rings. The van der Waals surface area contributed by atoms with Crippen molar-refractivity contribution in [1.29, 1.82) is 0 Å². The van der Waals surface area contributed by atoms with Crippen molar-refractivity contribution in [2.45, 2.75) is 30.5 Å². The summed E-state index contributed by atoms with van der Waals surface area (Å²) in [6, 6.07) is 15.0.